The molecule has 0 aromatic carbocycles. The first-order valence-electron chi connectivity index (χ1n) is 6.18. The van der Waals surface area contributed by atoms with Crippen molar-refractivity contribution in [2.24, 2.45) is 34.7 Å². The van der Waals surface area contributed by atoms with Crippen molar-refractivity contribution >= 4 is 11.6 Å². The highest BCUT2D eigenvalue weighted by Crippen LogP contribution is 2.52. The van der Waals surface area contributed by atoms with Crippen molar-refractivity contribution < 1.29 is 4.79 Å². The van der Waals surface area contributed by atoms with Crippen molar-refractivity contribution in [1.82, 2.24) is 5.43 Å². The Bertz CT molecular complexity index is 349. The molecule has 4 aliphatic carbocycles. The smallest absolute Gasteiger partial charge is 0.249 e. The van der Waals surface area contributed by atoms with Gasteiger partial charge in [-0.05, 0) is 49.9 Å². The summed E-state index contributed by atoms with van der Waals surface area (Å²) in [4.78, 5) is 11.8. The van der Waals surface area contributed by atoms with Gasteiger partial charge in [0.05, 0.1) is 11.6 Å². The Labute approximate surface area is 89.3 Å². The summed E-state index contributed by atoms with van der Waals surface area (Å²) in [5, 5.41) is 4.31. The van der Waals surface area contributed by atoms with E-state index < -0.39 is 0 Å². The number of hydrogen-bond acceptors (Lipinski definition) is 2. The van der Waals surface area contributed by atoms with Crippen molar-refractivity contribution in [3.05, 3.63) is 0 Å². The molecule has 80 valence electrons. The van der Waals surface area contributed by atoms with Crippen LogP contribution in [0.15, 0.2) is 5.10 Å². The van der Waals surface area contributed by atoms with Gasteiger partial charge in [-0.1, -0.05) is 0 Å². The molecule has 0 spiro atoms. The second-order valence-corrected chi connectivity index (χ2v) is 5.86. The van der Waals surface area contributed by atoms with E-state index in [-0.39, 0.29) is 11.8 Å². The molecule has 0 aromatic heterocycles. The van der Waals surface area contributed by atoms with Gasteiger partial charge >= 0.3 is 0 Å². The van der Waals surface area contributed by atoms with Crippen LogP contribution in [-0.4, -0.2) is 11.6 Å². The molecular formula is C12H16N2O. The van der Waals surface area contributed by atoms with Crippen molar-refractivity contribution in [3.8, 4) is 0 Å². The van der Waals surface area contributed by atoms with Crippen molar-refractivity contribution in [3.63, 3.8) is 0 Å². The van der Waals surface area contributed by atoms with Gasteiger partial charge in [0.2, 0.25) is 5.91 Å². The van der Waals surface area contributed by atoms with Gasteiger partial charge in [0.1, 0.15) is 0 Å². The minimum atomic E-state index is 0.158. The normalized spacial score (nSPS) is 51.1. The molecule has 3 atom stereocenters. The van der Waals surface area contributed by atoms with Gasteiger partial charge in [0.15, 0.2) is 0 Å². The van der Waals surface area contributed by atoms with E-state index in [1.807, 2.05) is 0 Å². The zero-order valence-electron chi connectivity index (χ0n) is 8.78. The highest BCUT2D eigenvalue weighted by atomic mass is 16.2. The largest absolute Gasteiger partial charge is 0.272 e. The summed E-state index contributed by atoms with van der Waals surface area (Å²) in [5.41, 5.74) is 3.91. The molecule has 5 rings (SSSR count). The molecule has 1 heterocycles. The van der Waals surface area contributed by atoms with Crippen molar-refractivity contribution in [2.75, 3.05) is 0 Å². The zero-order valence-corrected chi connectivity index (χ0v) is 8.78. The number of rotatable bonds is 0. The van der Waals surface area contributed by atoms with Gasteiger partial charge in [-0.15, -0.1) is 0 Å². The molecular weight excluding hydrogens is 188 g/mol. The Morgan fingerprint density at radius 1 is 1.07 bits per heavy atom. The van der Waals surface area contributed by atoms with Gasteiger partial charge in [0.25, 0.3) is 0 Å². The van der Waals surface area contributed by atoms with Gasteiger partial charge in [-0.2, -0.15) is 5.10 Å². The fourth-order valence-corrected chi connectivity index (χ4v) is 4.61. The molecule has 4 bridgehead atoms. The summed E-state index contributed by atoms with van der Waals surface area (Å²) in [5.74, 6) is 3.38. The summed E-state index contributed by atoms with van der Waals surface area (Å²) in [7, 11) is 0. The lowest BCUT2D eigenvalue weighted by Gasteiger charge is -2.38. The highest BCUT2D eigenvalue weighted by Gasteiger charge is 2.51. The average Bonchev–Trinajstić information content (AvgIpc) is 2.50. The number of hydrogen-bond donors (Lipinski definition) is 1. The molecule has 3 unspecified atom stereocenters. The van der Waals surface area contributed by atoms with Crippen LogP contribution in [0.2, 0.25) is 0 Å². The third-order valence-corrected chi connectivity index (χ3v) is 4.96. The molecule has 5 aliphatic rings. The monoisotopic (exact) mass is 204 g/mol. The SMILES string of the molecule is O=C1NN=C2C3CC4CC(C3)CC(C4)C12. The number of carbonyl (C=O) groups is 1. The van der Waals surface area contributed by atoms with Gasteiger partial charge < -0.3 is 0 Å². The minimum absolute atomic E-state index is 0.158. The molecule has 0 aromatic rings. The topological polar surface area (TPSA) is 41.5 Å². The molecule has 1 amide bonds. The fraction of sp³-hybridized carbons (Fsp3) is 0.833. The quantitative estimate of drug-likeness (QED) is 0.639. The predicted octanol–water partition coefficient (Wildman–Crippen LogP) is 1.54. The molecule has 4 fully saturated rings. The fourth-order valence-electron chi connectivity index (χ4n) is 4.61. The molecule has 1 N–H and O–H groups in total. The Kier molecular flexibility index (Phi) is 1.46. The lowest BCUT2D eigenvalue weighted by atomic mass is 9.67. The van der Waals surface area contributed by atoms with Crippen LogP contribution >= 0.6 is 0 Å². The van der Waals surface area contributed by atoms with Gasteiger partial charge in [0, 0.05) is 5.92 Å². The highest BCUT2D eigenvalue weighted by molar-refractivity contribution is 6.09. The molecule has 3 nitrogen and oxygen atoms in total. The Morgan fingerprint density at radius 3 is 2.53 bits per heavy atom. The van der Waals surface area contributed by atoms with Gasteiger partial charge in [-0.3, -0.25) is 4.79 Å². The maximum Gasteiger partial charge on any atom is 0.249 e. The number of carbonyl (C=O) groups excluding carboxylic acids is 1. The van der Waals surface area contributed by atoms with E-state index in [0.29, 0.717) is 11.8 Å². The summed E-state index contributed by atoms with van der Waals surface area (Å²) < 4.78 is 0. The molecule has 3 heteroatoms. The maximum absolute atomic E-state index is 11.8. The molecule has 15 heavy (non-hydrogen) atoms. The van der Waals surface area contributed by atoms with Crippen LogP contribution in [0.3, 0.4) is 0 Å². The van der Waals surface area contributed by atoms with Crippen LogP contribution in [-0.2, 0) is 4.79 Å². The standard InChI is InChI=1S/C12H16N2O/c15-12-10-8-2-6-1-7(3-8)5-9(4-6)11(10)13-14-12/h6-10H,1-5H2,(H,14,15). The van der Waals surface area contributed by atoms with E-state index >= 15 is 0 Å². The lowest BCUT2D eigenvalue weighted by molar-refractivity contribution is -0.123. The van der Waals surface area contributed by atoms with E-state index in [4.69, 9.17) is 0 Å². The van der Waals surface area contributed by atoms with Crippen LogP contribution in [0.1, 0.15) is 32.1 Å². The number of nitrogens with one attached hydrogen (secondary N) is 1. The molecule has 4 saturated carbocycles. The average molecular weight is 204 g/mol. The van der Waals surface area contributed by atoms with E-state index in [1.165, 1.54) is 37.8 Å². The van der Waals surface area contributed by atoms with E-state index in [2.05, 4.69) is 10.5 Å². The lowest BCUT2D eigenvalue weighted by Crippen LogP contribution is -2.32. The minimum Gasteiger partial charge on any atom is -0.272 e. The van der Waals surface area contributed by atoms with E-state index in [9.17, 15) is 4.79 Å². The summed E-state index contributed by atoms with van der Waals surface area (Å²) in [6, 6.07) is 0. The van der Waals surface area contributed by atoms with Crippen molar-refractivity contribution in [2.45, 2.75) is 32.1 Å². The Morgan fingerprint density at radius 2 is 1.80 bits per heavy atom. The second kappa shape index (κ2) is 2.63. The van der Waals surface area contributed by atoms with Gasteiger partial charge in [-0.25, -0.2) is 5.43 Å². The number of amides is 1. The van der Waals surface area contributed by atoms with Crippen LogP contribution in [0.4, 0.5) is 0 Å². The first-order valence-corrected chi connectivity index (χ1v) is 6.18. The van der Waals surface area contributed by atoms with Crippen LogP contribution < -0.4 is 5.43 Å². The van der Waals surface area contributed by atoms with Crippen molar-refractivity contribution in [1.29, 1.82) is 0 Å². The van der Waals surface area contributed by atoms with E-state index in [0.717, 1.165) is 11.8 Å². The maximum atomic E-state index is 11.8. The molecule has 0 radical (unpaired) electrons. The Balaban J connectivity index is 1.82. The molecule has 1 aliphatic heterocycles. The first kappa shape index (κ1) is 8.31. The number of hydrazone groups is 1. The Hall–Kier alpha value is -0.860. The zero-order chi connectivity index (χ0) is 9.99. The van der Waals surface area contributed by atoms with Crippen LogP contribution in [0.5, 0.6) is 0 Å². The van der Waals surface area contributed by atoms with Crippen LogP contribution in [0.25, 0.3) is 0 Å². The van der Waals surface area contributed by atoms with Crippen LogP contribution in [0, 0.1) is 29.6 Å². The summed E-state index contributed by atoms with van der Waals surface area (Å²) in [6.45, 7) is 0. The first-order chi connectivity index (χ1) is 7.31. The third-order valence-electron chi connectivity index (χ3n) is 4.96. The third kappa shape index (κ3) is 1.01. The summed E-state index contributed by atoms with van der Waals surface area (Å²) >= 11 is 0. The van der Waals surface area contributed by atoms with E-state index in [1.54, 1.807) is 0 Å². The second-order valence-electron chi connectivity index (χ2n) is 5.86. The number of nitrogens with zero attached hydrogens (tertiary/aromatic N) is 1. The predicted molar refractivity (Wildman–Crippen MR) is 56.1 cm³/mol. The molecule has 0 saturated heterocycles. The summed E-state index contributed by atoms with van der Waals surface area (Å²) in [6.07, 6.45) is 6.59.